The van der Waals surface area contributed by atoms with E-state index in [1.165, 1.54) is 6.07 Å². The largest absolute Gasteiger partial charge is 0.383 e. The number of benzene rings is 1. The van der Waals surface area contributed by atoms with Crippen LogP contribution in [0.2, 0.25) is 0 Å². The van der Waals surface area contributed by atoms with Crippen molar-refractivity contribution in [3.05, 3.63) is 23.8 Å². The van der Waals surface area contributed by atoms with E-state index < -0.39 is 11.6 Å². The van der Waals surface area contributed by atoms with E-state index in [2.05, 4.69) is 9.97 Å². The third-order valence-electron chi connectivity index (χ3n) is 1.81. The predicted molar refractivity (Wildman–Crippen MR) is 48.3 cm³/mol. The molecule has 4 N–H and O–H groups in total. The molecule has 2 rings (SSSR count). The average molecular weight is 196 g/mol. The Morgan fingerprint density at radius 2 is 1.79 bits per heavy atom. The molecule has 72 valence electrons. The first-order valence-electron chi connectivity index (χ1n) is 3.76. The smallest absolute Gasteiger partial charge is 0.222 e. The molecule has 0 spiro atoms. The van der Waals surface area contributed by atoms with Crippen molar-refractivity contribution >= 4 is 22.7 Å². The molecule has 1 aromatic heterocycles. The van der Waals surface area contributed by atoms with Gasteiger partial charge in [0.1, 0.15) is 11.3 Å². The molecule has 0 aliphatic rings. The zero-order valence-corrected chi connectivity index (χ0v) is 6.96. The van der Waals surface area contributed by atoms with E-state index in [4.69, 9.17) is 11.5 Å². The van der Waals surface area contributed by atoms with Gasteiger partial charge < -0.3 is 11.5 Å². The van der Waals surface area contributed by atoms with Crippen LogP contribution in [0.4, 0.5) is 20.5 Å². The van der Waals surface area contributed by atoms with Gasteiger partial charge in [0.25, 0.3) is 0 Å². The fraction of sp³-hybridized carbons (Fsp3) is 0. The van der Waals surface area contributed by atoms with Crippen molar-refractivity contribution in [3.63, 3.8) is 0 Å². The van der Waals surface area contributed by atoms with Gasteiger partial charge in [-0.3, -0.25) is 0 Å². The molecule has 14 heavy (non-hydrogen) atoms. The summed E-state index contributed by atoms with van der Waals surface area (Å²) in [5.41, 5.74) is 10.5. The maximum absolute atomic E-state index is 13.2. The second-order valence-corrected chi connectivity index (χ2v) is 2.72. The van der Waals surface area contributed by atoms with Crippen LogP contribution in [0.1, 0.15) is 0 Å². The lowest BCUT2D eigenvalue weighted by Crippen LogP contribution is -2.02. The molecule has 0 saturated heterocycles. The van der Waals surface area contributed by atoms with Gasteiger partial charge in [0, 0.05) is 5.39 Å². The minimum atomic E-state index is -1.07. The van der Waals surface area contributed by atoms with Gasteiger partial charge in [0.2, 0.25) is 5.95 Å². The zero-order valence-electron chi connectivity index (χ0n) is 6.96. The second-order valence-electron chi connectivity index (χ2n) is 2.72. The Balaban J connectivity index is 2.95. The topological polar surface area (TPSA) is 77.8 Å². The summed E-state index contributed by atoms with van der Waals surface area (Å²) in [6.07, 6.45) is 0. The van der Waals surface area contributed by atoms with Gasteiger partial charge in [0.15, 0.2) is 11.6 Å². The lowest BCUT2D eigenvalue weighted by molar-refractivity contribution is 0.515. The molecule has 4 nitrogen and oxygen atoms in total. The van der Waals surface area contributed by atoms with Crippen LogP contribution in [-0.4, -0.2) is 9.97 Å². The summed E-state index contributed by atoms with van der Waals surface area (Å²) in [7, 11) is 0. The number of hydrogen-bond acceptors (Lipinski definition) is 4. The molecule has 0 saturated carbocycles. The molecule has 1 heterocycles. The molecule has 0 atom stereocenters. The zero-order chi connectivity index (χ0) is 10.3. The van der Waals surface area contributed by atoms with Crippen molar-refractivity contribution in [1.29, 1.82) is 0 Å². The standard InChI is InChI=1S/C8H6F2N4/c9-4-2-1-3-6(5(4)10)13-8(12)14-7(3)11/h1-2H,(H4,11,12,13,14). The first-order valence-corrected chi connectivity index (χ1v) is 3.76. The maximum Gasteiger partial charge on any atom is 0.222 e. The number of nitrogens with zero attached hydrogens (tertiary/aromatic N) is 2. The minimum Gasteiger partial charge on any atom is -0.383 e. The fourth-order valence-electron chi connectivity index (χ4n) is 1.18. The number of fused-ring (bicyclic) bond motifs is 1. The van der Waals surface area contributed by atoms with Gasteiger partial charge in [-0.15, -0.1) is 0 Å². The molecule has 2 aromatic rings. The van der Waals surface area contributed by atoms with Gasteiger partial charge in [0.05, 0.1) is 0 Å². The highest BCUT2D eigenvalue weighted by molar-refractivity contribution is 5.89. The Hall–Kier alpha value is -1.98. The van der Waals surface area contributed by atoms with Crippen LogP contribution >= 0.6 is 0 Å². The van der Waals surface area contributed by atoms with E-state index in [1.807, 2.05) is 0 Å². The summed E-state index contributed by atoms with van der Waals surface area (Å²) in [5.74, 6) is -2.20. The van der Waals surface area contributed by atoms with Gasteiger partial charge in [-0.1, -0.05) is 0 Å². The summed E-state index contributed by atoms with van der Waals surface area (Å²) in [6.45, 7) is 0. The second kappa shape index (κ2) is 2.76. The Bertz CT molecular complexity index is 512. The van der Waals surface area contributed by atoms with E-state index in [0.717, 1.165) is 6.07 Å². The molecule has 0 aliphatic carbocycles. The molecule has 0 aliphatic heterocycles. The fourth-order valence-corrected chi connectivity index (χ4v) is 1.18. The molecule has 0 radical (unpaired) electrons. The lowest BCUT2D eigenvalue weighted by atomic mass is 10.2. The highest BCUT2D eigenvalue weighted by Gasteiger charge is 2.11. The molecule has 0 bridgehead atoms. The van der Waals surface area contributed by atoms with Crippen LogP contribution in [0, 0.1) is 11.6 Å². The Morgan fingerprint density at radius 1 is 1.07 bits per heavy atom. The van der Waals surface area contributed by atoms with Crippen molar-refractivity contribution in [2.24, 2.45) is 0 Å². The van der Waals surface area contributed by atoms with Crippen LogP contribution < -0.4 is 11.5 Å². The number of halogens is 2. The summed E-state index contributed by atoms with van der Waals surface area (Å²) in [6, 6.07) is 2.27. The van der Waals surface area contributed by atoms with Gasteiger partial charge in [-0.05, 0) is 12.1 Å². The van der Waals surface area contributed by atoms with E-state index in [-0.39, 0.29) is 22.7 Å². The highest BCUT2D eigenvalue weighted by Crippen LogP contribution is 2.22. The van der Waals surface area contributed by atoms with Gasteiger partial charge in [-0.25, -0.2) is 13.8 Å². The summed E-state index contributed by atoms with van der Waals surface area (Å²) >= 11 is 0. The molecular weight excluding hydrogens is 190 g/mol. The number of nitrogen functional groups attached to an aromatic ring is 2. The SMILES string of the molecule is Nc1nc(N)c2ccc(F)c(F)c2n1. The monoisotopic (exact) mass is 196 g/mol. The molecule has 0 fully saturated rings. The maximum atomic E-state index is 13.2. The lowest BCUT2D eigenvalue weighted by Gasteiger charge is -2.03. The van der Waals surface area contributed by atoms with E-state index in [0.29, 0.717) is 0 Å². The van der Waals surface area contributed by atoms with Crippen molar-refractivity contribution in [2.45, 2.75) is 0 Å². The van der Waals surface area contributed by atoms with Crippen LogP contribution in [0.3, 0.4) is 0 Å². The summed E-state index contributed by atoms with van der Waals surface area (Å²) in [5, 5.41) is 0.248. The quantitative estimate of drug-likeness (QED) is 0.660. The number of anilines is 2. The highest BCUT2D eigenvalue weighted by atomic mass is 19.2. The van der Waals surface area contributed by atoms with Crippen molar-refractivity contribution in [1.82, 2.24) is 9.97 Å². The Labute approximate surface area is 77.6 Å². The third kappa shape index (κ3) is 1.12. The number of nitrogens with two attached hydrogens (primary N) is 2. The first-order chi connectivity index (χ1) is 6.59. The first kappa shape index (κ1) is 8.61. The average Bonchev–Trinajstić information content (AvgIpc) is 2.12. The number of rotatable bonds is 0. The minimum absolute atomic E-state index is 0.0337. The molecular formula is C8H6F2N4. The van der Waals surface area contributed by atoms with Crippen molar-refractivity contribution in [2.75, 3.05) is 11.5 Å². The number of hydrogen-bond donors (Lipinski definition) is 2. The van der Waals surface area contributed by atoms with E-state index >= 15 is 0 Å². The van der Waals surface area contributed by atoms with Crippen LogP contribution in [-0.2, 0) is 0 Å². The number of aromatic nitrogens is 2. The van der Waals surface area contributed by atoms with Crippen LogP contribution in [0.15, 0.2) is 12.1 Å². The predicted octanol–water partition coefficient (Wildman–Crippen LogP) is 1.07. The summed E-state index contributed by atoms with van der Waals surface area (Å²) in [4.78, 5) is 7.20. The van der Waals surface area contributed by atoms with Crippen molar-refractivity contribution < 1.29 is 8.78 Å². The van der Waals surface area contributed by atoms with Crippen LogP contribution in [0.5, 0.6) is 0 Å². The van der Waals surface area contributed by atoms with E-state index in [9.17, 15) is 8.78 Å². The third-order valence-corrected chi connectivity index (χ3v) is 1.81. The Morgan fingerprint density at radius 3 is 2.50 bits per heavy atom. The summed E-state index contributed by atoms with van der Waals surface area (Å²) < 4.78 is 26.0. The molecule has 0 unspecified atom stereocenters. The molecule has 1 aromatic carbocycles. The molecule has 0 amide bonds. The van der Waals surface area contributed by atoms with Gasteiger partial charge >= 0.3 is 0 Å². The molecule has 6 heteroatoms. The van der Waals surface area contributed by atoms with Crippen molar-refractivity contribution in [3.8, 4) is 0 Å². The normalized spacial score (nSPS) is 10.7. The Kier molecular flexibility index (Phi) is 1.70. The van der Waals surface area contributed by atoms with E-state index in [1.54, 1.807) is 0 Å². The van der Waals surface area contributed by atoms with Crippen LogP contribution in [0.25, 0.3) is 10.9 Å². The van der Waals surface area contributed by atoms with Gasteiger partial charge in [-0.2, -0.15) is 4.98 Å².